The molecule has 0 radical (unpaired) electrons. The Balaban J connectivity index is 1.45. The second-order valence-corrected chi connectivity index (χ2v) is 7.69. The van der Waals surface area contributed by atoms with E-state index in [-0.39, 0.29) is 17.9 Å². The number of piperazine rings is 1. The lowest BCUT2D eigenvalue weighted by Gasteiger charge is -2.34. The highest BCUT2D eigenvalue weighted by atomic mass is 79.9. The molecule has 2 aromatic rings. The number of nitrogens with zero attached hydrogens (tertiary/aromatic N) is 2. The van der Waals surface area contributed by atoms with E-state index in [1.807, 2.05) is 66.4 Å². The Labute approximate surface area is 168 Å². The summed E-state index contributed by atoms with van der Waals surface area (Å²) in [7, 11) is 0. The summed E-state index contributed by atoms with van der Waals surface area (Å²) < 4.78 is 1.02. The fraction of sp³-hybridized carbons (Fsp3) is 0.333. The van der Waals surface area contributed by atoms with E-state index in [4.69, 9.17) is 0 Å². The maximum Gasteiger partial charge on any atom is 0.253 e. The third kappa shape index (κ3) is 5.40. The van der Waals surface area contributed by atoms with Crippen LogP contribution in [-0.2, 0) is 4.79 Å². The molecule has 1 heterocycles. The zero-order valence-corrected chi connectivity index (χ0v) is 17.0. The first-order valence-corrected chi connectivity index (χ1v) is 9.94. The molecule has 0 saturated carbocycles. The summed E-state index contributed by atoms with van der Waals surface area (Å²) in [6.07, 6.45) is 0. The SMILES string of the molecule is CC(NC(=O)CN1CCN(C(=O)c2ccccc2)CC1)c1ccc(Br)cc1. The van der Waals surface area contributed by atoms with E-state index in [0.717, 1.165) is 10.0 Å². The molecular weight excluding hydrogens is 406 g/mol. The van der Waals surface area contributed by atoms with E-state index in [1.54, 1.807) is 0 Å². The molecule has 1 unspecified atom stereocenters. The minimum Gasteiger partial charge on any atom is -0.348 e. The van der Waals surface area contributed by atoms with Crippen molar-refractivity contribution < 1.29 is 9.59 Å². The van der Waals surface area contributed by atoms with Crippen molar-refractivity contribution in [3.8, 4) is 0 Å². The van der Waals surface area contributed by atoms with E-state index in [0.29, 0.717) is 38.3 Å². The molecule has 0 spiro atoms. The van der Waals surface area contributed by atoms with Gasteiger partial charge in [-0.25, -0.2) is 0 Å². The van der Waals surface area contributed by atoms with Gasteiger partial charge in [-0.2, -0.15) is 0 Å². The summed E-state index contributed by atoms with van der Waals surface area (Å²) in [4.78, 5) is 28.8. The molecule has 1 aliphatic heterocycles. The van der Waals surface area contributed by atoms with E-state index >= 15 is 0 Å². The molecule has 0 aromatic heterocycles. The van der Waals surface area contributed by atoms with Crippen molar-refractivity contribution in [1.29, 1.82) is 0 Å². The van der Waals surface area contributed by atoms with Crippen molar-refractivity contribution in [3.05, 3.63) is 70.2 Å². The first kappa shape index (κ1) is 19.6. The van der Waals surface area contributed by atoms with Gasteiger partial charge in [0.1, 0.15) is 0 Å². The van der Waals surface area contributed by atoms with E-state index in [9.17, 15) is 9.59 Å². The van der Waals surface area contributed by atoms with Crippen LogP contribution in [0, 0.1) is 0 Å². The first-order valence-electron chi connectivity index (χ1n) is 9.14. The van der Waals surface area contributed by atoms with Crippen molar-refractivity contribution in [2.75, 3.05) is 32.7 Å². The molecule has 1 fully saturated rings. The van der Waals surface area contributed by atoms with Gasteiger partial charge in [0.15, 0.2) is 0 Å². The number of hydrogen-bond donors (Lipinski definition) is 1. The first-order chi connectivity index (χ1) is 13.0. The van der Waals surface area contributed by atoms with Gasteiger partial charge >= 0.3 is 0 Å². The molecule has 0 aliphatic carbocycles. The quantitative estimate of drug-likeness (QED) is 0.794. The Morgan fingerprint density at radius 1 is 1.00 bits per heavy atom. The van der Waals surface area contributed by atoms with Crippen LogP contribution >= 0.6 is 15.9 Å². The number of benzene rings is 2. The molecule has 5 nitrogen and oxygen atoms in total. The molecule has 3 rings (SSSR count). The molecule has 27 heavy (non-hydrogen) atoms. The number of carbonyl (C=O) groups is 2. The van der Waals surface area contributed by atoms with Crippen LogP contribution in [0.25, 0.3) is 0 Å². The number of carbonyl (C=O) groups excluding carboxylic acids is 2. The summed E-state index contributed by atoms with van der Waals surface area (Å²) in [5, 5.41) is 3.05. The van der Waals surface area contributed by atoms with Gasteiger partial charge < -0.3 is 10.2 Å². The third-order valence-electron chi connectivity index (χ3n) is 4.79. The Morgan fingerprint density at radius 2 is 1.63 bits per heavy atom. The molecule has 1 atom stereocenters. The highest BCUT2D eigenvalue weighted by Gasteiger charge is 2.23. The van der Waals surface area contributed by atoms with Crippen LogP contribution in [0.1, 0.15) is 28.9 Å². The monoisotopic (exact) mass is 429 g/mol. The Morgan fingerprint density at radius 3 is 2.26 bits per heavy atom. The summed E-state index contributed by atoms with van der Waals surface area (Å²) in [5.41, 5.74) is 1.79. The van der Waals surface area contributed by atoms with Crippen LogP contribution in [0.2, 0.25) is 0 Å². The van der Waals surface area contributed by atoms with Crippen LogP contribution in [0.4, 0.5) is 0 Å². The zero-order valence-electron chi connectivity index (χ0n) is 15.4. The van der Waals surface area contributed by atoms with E-state index in [2.05, 4.69) is 26.1 Å². The second kappa shape index (κ2) is 9.15. The molecule has 1 N–H and O–H groups in total. The minimum atomic E-state index is -0.0356. The lowest BCUT2D eigenvalue weighted by molar-refractivity contribution is -0.123. The van der Waals surface area contributed by atoms with Crippen LogP contribution in [0.15, 0.2) is 59.1 Å². The number of amides is 2. The summed E-state index contributed by atoms with van der Waals surface area (Å²) in [6.45, 7) is 5.04. The van der Waals surface area contributed by atoms with Gasteiger partial charge in [-0.05, 0) is 36.8 Å². The van der Waals surface area contributed by atoms with Crippen molar-refractivity contribution in [3.63, 3.8) is 0 Å². The van der Waals surface area contributed by atoms with Crippen molar-refractivity contribution in [1.82, 2.24) is 15.1 Å². The largest absolute Gasteiger partial charge is 0.348 e. The average Bonchev–Trinajstić information content (AvgIpc) is 2.69. The topological polar surface area (TPSA) is 52.7 Å². The fourth-order valence-corrected chi connectivity index (χ4v) is 3.46. The highest BCUT2D eigenvalue weighted by Crippen LogP contribution is 2.16. The highest BCUT2D eigenvalue weighted by molar-refractivity contribution is 9.10. The molecule has 142 valence electrons. The van der Waals surface area contributed by atoms with Crippen LogP contribution in [0.3, 0.4) is 0 Å². The van der Waals surface area contributed by atoms with Gasteiger partial charge in [0, 0.05) is 36.2 Å². The predicted molar refractivity (Wildman–Crippen MR) is 109 cm³/mol. The van der Waals surface area contributed by atoms with Gasteiger partial charge in [0.2, 0.25) is 5.91 Å². The molecule has 2 amide bonds. The fourth-order valence-electron chi connectivity index (χ4n) is 3.20. The number of halogens is 1. The standard InChI is InChI=1S/C21H24BrN3O2/c1-16(17-7-9-19(22)10-8-17)23-20(26)15-24-11-13-25(14-12-24)21(27)18-5-3-2-4-6-18/h2-10,16H,11-15H2,1H3,(H,23,26). The Bertz CT molecular complexity index is 772. The average molecular weight is 430 g/mol. The predicted octanol–water partition coefficient (Wildman–Crippen LogP) is 3.08. The summed E-state index contributed by atoms with van der Waals surface area (Å²) in [6, 6.07) is 17.3. The van der Waals surface area contributed by atoms with Crippen molar-refractivity contribution >= 4 is 27.7 Å². The van der Waals surface area contributed by atoms with Gasteiger partial charge in [0.05, 0.1) is 12.6 Å². The second-order valence-electron chi connectivity index (χ2n) is 6.78. The van der Waals surface area contributed by atoms with Gasteiger partial charge in [-0.1, -0.05) is 46.3 Å². The Hall–Kier alpha value is -2.18. The van der Waals surface area contributed by atoms with Gasteiger partial charge in [-0.15, -0.1) is 0 Å². The molecule has 2 aromatic carbocycles. The molecule has 0 bridgehead atoms. The van der Waals surface area contributed by atoms with E-state index < -0.39 is 0 Å². The number of rotatable bonds is 5. The zero-order chi connectivity index (χ0) is 19.2. The lowest BCUT2D eigenvalue weighted by atomic mass is 10.1. The van der Waals surface area contributed by atoms with Gasteiger partial charge in [0.25, 0.3) is 5.91 Å². The van der Waals surface area contributed by atoms with Crippen LogP contribution in [0.5, 0.6) is 0 Å². The Kier molecular flexibility index (Phi) is 6.63. The van der Waals surface area contributed by atoms with Gasteiger partial charge in [-0.3, -0.25) is 14.5 Å². The minimum absolute atomic E-state index is 0.00764. The maximum absolute atomic E-state index is 12.5. The van der Waals surface area contributed by atoms with Crippen LogP contribution in [-0.4, -0.2) is 54.3 Å². The van der Waals surface area contributed by atoms with Crippen LogP contribution < -0.4 is 5.32 Å². The molecule has 6 heteroatoms. The normalized spacial score (nSPS) is 16.0. The summed E-state index contributed by atoms with van der Waals surface area (Å²) in [5.74, 6) is 0.0665. The van der Waals surface area contributed by atoms with E-state index in [1.165, 1.54) is 0 Å². The lowest BCUT2D eigenvalue weighted by Crippen LogP contribution is -2.51. The molecule has 1 saturated heterocycles. The maximum atomic E-state index is 12.5. The smallest absolute Gasteiger partial charge is 0.253 e. The number of nitrogens with one attached hydrogen (secondary N) is 1. The summed E-state index contributed by atoms with van der Waals surface area (Å²) >= 11 is 3.42. The van der Waals surface area contributed by atoms with Crippen molar-refractivity contribution in [2.24, 2.45) is 0 Å². The molecule has 1 aliphatic rings. The molecular formula is C21H24BrN3O2. The van der Waals surface area contributed by atoms with Crippen molar-refractivity contribution in [2.45, 2.75) is 13.0 Å². The third-order valence-corrected chi connectivity index (χ3v) is 5.32. The number of hydrogen-bond acceptors (Lipinski definition) is 3.